The molecule has 5 aromatic carbocycles. The van der Waals surface area contributed by atoms with E-state index in [2.05, 4.69) is 27.1 Å². The number of pyridine rings is 1. The van der Waals surface area contributed by atoms with Gasteiger partial charge in [0, 0.05) is 40.2 Å². The summed E-state index contributed by atoms with van der Waals surface area (Å²) in [5, 5.41) is 0. The first-order valence-corrected chi connectivity index (χ1v) is 15.4. The molecule has 0 spiro atoms. The van der Waals surface area contributed by atoms with Crippen LogP contribution in [0.3, 0.4) is 0 Å². The highest BCUT2D eigenvalue weighted by molar-refractivity contribution is 5.78. The fraction of sp³-hybridized carbons (Fsp3) is 0. The summed E-state index contributed by atoms with van der Waals surface area (Å²) in [5.74, 6) is 2.80. The molecule has 8 heteroatoms. The predicted octanol–water partition coefficient (Wildman–Crippen LogP) is 9.55. The number of fused-ring (bicyclic) bond motifs is 2. The van der Waals surface area contributed by atoms with Gasteiger partial charge in [0.1, 0.15) is 11.0 Å². The molecule has 0 saturated heterocycles. The van der Waals surface area contributed by atoms with Crippen LogP contribution in [0.2, 0.25) is 0 Å². The Morgan fingerprint density at radius 3 is 1.17 bits per heavy atom. The first kappa shape index (κ1) is 27.5. The van der Waals surface area contributed by atoms with Crippen LogP contribution in [0.15, 0.2) is 155 Å². The Balaban J connectivity index is 1.10. The molecule has 4 heterocycles. The van der Waals surface area contributed by atoms with Crippen molar-refractivity contribution in [2.75, 3.05) is 0 Å². The van der Waals surface area contributed by atoms with Gasteiger partial charge in [-0.1, -0.05) is 78.9 Å². The lowest BCUT2D eigenvalue weighted by molar-refractivity contribution is 0.619. The Hall–Kier alpha value is -6.80. The zero-order valence-corrected chi connectivity index (χ0v) is 25.4. The number of nitrogens with zero attached hydrogens (tertiary/aromatic N) is 6. The lowest BCUT2D eigenvalue weighted by Gasteiger charge is -2.09. The molecule has 0 amide bonds. The van der Waals surface area contributed by atoms with Crippen LogP contribution < -0.4 is 0 Å². The van der Waals surface area contributed by atoms with Gasteiger partial charge in [0.15, 0.2) is 28.6 Å². The zero-order chi connectivity index (χ0) is 31.9. The van der Waals surface area contributed by atoms with Gasteiger partial charge in [0.25, 0.3) is 0 Å². The molecule has 0 fully saturated rings. The van der Waals surface area contributed by atoms with E-state index in [-0.39, 0.29) is 0 Å². The maximum absolute atomic E-state index is 5.99. The molecule has 0 aliphatic rings. The summed E-state index contributed by atoms with van der Waals surface area (Å²) in [4.78, 5) is 28.3. The van der Waals surface area contributed by atoms with Gasteiger partial charge in [-0.3, -0.25) is 4.98 Å². The number of hydrogen-bond donors (Lipinski definition) is 0. The van der Waals surface area contributed by atoms with Crippen molar-refractivity contribution in [3.63, 3.8) is 0 Å². The van der Waals surface area contributed by atoms with E-state index in [4.69, 9.17) is 23.8 Å². The standard InChI is InChI=1S/C40H24N6O2/c1-3-9-34-32(7-1)42-39(47-34)29-19-15-27(16-20-29)37-44-36(26-13-11-25(12-14-26)31-6-5-23-41-24-31)45-38(46-37)28-17-21-30(22-18-28)40-43-33-8-2-4-10-35(33)48-40/h1-24H. The highest BCUT2D eigenvalue weighted by Crippen LogP contribution is 2.31. The second-order valence-corrected chi connectivity index (χ2v) is 11.3. The molecule has 8 nitrogen and oxygen atoms in total. The van der Waals surface area contributed by atoms with Crippen molar-refractivity contribution in [1.29, 1.82) is 0 Å². The summed E-state index contributed by atoms with van der Waals surface area (Å²) >= 11 is 0. The third-order valence-electron chi connectivity index (χ3n) is 8.14. The predicted molar refractivity (Wildman–Crippen MR) is 185 cm³/mol. The third kappa shape index (κ3) is 5.17. The third-order valence-corrected chi connectivity index (χ3v) is 8.14. The van der Waals surface area contributed by atoms with Crippen LogP contribution in [0.5, 0.6) is 0 Å². The molecule has 48 heavy (non-hydrogen) atoms. The maximum atomic E-state index is 5.99. The van der Waals surface area contributed by atoms with Crippen molar-refractivity contribution in [3.05, 3.63) is 146 Å². The van der Waals surface area contributed by atoms with Crippen molar-refractivity contribution in [1.82, 2.24) is 29.9 Å². The van der Waals surface area contributed by atoms with Crippen LogP contribution in [0.1, 0.15) is 0 Å². The molecular weight excluding hydrogens is 596 g/mol. The number of aromatic nitrogens is 6. The minimum absolute atomic E-state index is 0.554. The molecule has 0 aliphatic carbocycles. The maximum Gasteiger partial charge on any atom is 0.227 e. The monoisotopic (exact) mass is 620 g/mol. The Labute approximate surface area is 274 Å². The van der Waals surface area contributed by atoms with E-state index >= 15 is 0 Å². The minimum atomic E-state index is 0.554. The summed E-state index contributed by atoms with van der Waals surface area (Å²) in [6.45, 7) is 0. The number of oxazole rings is 2. The highest BCUT2D eigenvalue weighted by atomic mass is 16.4. The SMILES string of the molecule is c1cncc(-c2ccc(-c3nc(-c4ccc(-c5nc6ccccc6o5)cc4)nc(-c4ccc(-c5nc6ccccc6o5)cc4)n3)cc2)c1. The van der Waals surface area contributed by atoms with E-state index in [0.29, 0.717) is 29.3 Å². The van der Waals surface area contributed by atoms with Gasteiger partial charge >= 0.3 is 0 Å². The van der Waals surface area contributed by atoms with E-state index in [1.54, 1.807) is 6.20 Å². The van der Waals surface area contributed by atoms with Crippen molar-refractivity contribution in [2.24, 2.45) is 0 Å². The topological polar surface area (TPSA) is 104 Å². The molecule has 0 N–H and O–H groups in total. The largest absolute Gasteiger partial charge is 0.436 e. The normalized spacial score (nSPS) is 11.3. The summed E-state index contributed by atoms with van der Waals surface area (Å²) in [5.41, 5.74) is 9.53. The Bertz CT molecular complexity index is 2340. The number of para-hydroxylation sites is 4. The molecule has 0 saturated carbocycles. The highest BCUT2D eigenvalue weighted by Gasteiger charge is 2.15. The van der Waals surface area contributed by atoms with Crippen LogP contribution in [0, 0.1) is 0 Å². The van der Waals surface area contributed by atoms with Gasteiger partial charge in [-0.2, -0.15) is 0 Å². The Morgan fingerprint density at radius 2 is 0.750 bits per heavy atom. The lowest BCUT2D eigenvalue weighted by Crippen LogP contribution is -2.00. The number of rotatable bonds is 6. The van der Waals surface area contributed by atoms with Gasteiger partial charge in [-0.25, -0.2) is 24.9 Å². The second-order valence-electron chi connectivity index (χ2n) is 11.3. The molecule has 9 aromatic rings. The molecule has 9 rings (SSSR count). The quantitative estimate of drug-likeness (QED) is 0.181. The average Bonchev–Trinajstić information content (AvgIpc) is 3.80. The Morgan fingerprint density at radius 1 is 0.333 bits per heavy atom. The van der Waals surface area contributed by atoms with Gasteiger partial charge in [0.2, 0.25) is 11.8 Å². The molecule has 0 unspecified atom stereocenters. The van der Waals surface area contributed by atoms with Crippen LogP contribution in [-0.4, -0.2) is 29.9 Å². The van der Waals surface area contributed by atoms with E-state index in [1.165, 1.54) is 0 Å². The second kappa shape index (κ2) is 11.5. The van der Waals surface area contributed by atoms with Gasteiger partial charge in [0.05, 0.1) is 0 Å². The van der Waals surface area contributed by atoms with Crippen LogP contribution >= 0.6 is 0 Å². The van der Waals surface area contributed by atoms with E-state index in [0.717, 1.165) is 61.1 Å². The van der Waals surface area contributed by atoms with Crippen LogP contribution in [0.25, 0.3) is 90.4 Å². The van der Waals surface area contributed by atoms with Gasteiger partial charge < -0.3 is 8.83 Å². The summed E-state index contributed by atoms with van der Waals surface area (Å²) < 4.78 is 12.0. The fourth-order valence-corrected chi connectivity index (χ4v) is 5.62. The first-order chi connectivity index (χ1) is 23.7. The van der Waals surface area contributed by atoms with Gasteiger partial charge in [-0.05, 0) is 65.7 Å². The van der Waals surface area contributed by atoms with Crippen LogP contribution in [-0.2, 0) is 0 Å². The molecule has 0 radical (unpaired) electrons. The van der Waals surface area contributed by atoms with Crippen molar-refractivity contribution in [3.8, 4) is 68.2 Å². The van der Waals surface area contributed by atoms with Crippen molar-refractivity contribution >= 4 is 22.2 Å². The molecule has 0 bridgehead atoms. The number of hydrogen-bond acceptors (Lipinski definition) is 8. The van der Waals surface area contributed by atoms with Gasteiger partial charge in [-0.15, -0.1) is 0 Å². The molecule has 4 aromatic heterocycles. The zero-order valence-electron chi connectivity index (χ0n) is 25.4. The van der Waals surface area contributed by atoms with E-state index in [1.807, 2.05) is 128 Å². The molecule has 0 aliphatic heterocycles. The molecular formula is C40H24N6O2. The fourth-order valence-electron chi connectivity index (χ4n) is 5.62. The van der Waals surface area contributed by atoms with Crippen LogP contribution in [0.4, 0.5) is 0 Å². The van der Waals surface area contributed by atoms with Crippen molar-refractivity contribution in [2.45, 2.75) is 0 Å². The summed E-state index contributed by atoms with van der Waals surface area (Å²) in [7, 11) is 0. The Kier molecular flexibility index (Phi) is 6.61. The molecule has 226 valence electrons. The number of benzene rings is 5. The minimum Gasteiger partial charge on any atom is -0.436 e. The lowest BCUT2D eigenvalue weighted by atomic mass is 10.1. The van der Waals surface area contributed by atoms with E-state index in [9.17, 15) is 0 Å². The summed E-state index contributed by atoms with van der Waals surface area (Å²) in [6.07, 6.45) is 3.62. The molecule has 0 atom stereocenters. The average molecular weight is 621 g/mol. The van der Waals surface area contributed by atoms with Crippen molar-refractivity contribution < 1.29 is 8.83 Å². The summed E-state index contributed by atoms with van der Waals surface area (Å²) in [6, 6.07) is 43.4. The first-order valence-electron chi connectivity index (χ1n) is 15.4. The van der Waals surface area contributed by atoms with E-state index < -0.39 is 0 Å². The smallest absolute Gasteiger partial charge is 0.227 e.